The molecule has 5 N–H and O–H groups in total. The number of hydrogen-bond acceptors (Lipinski definition) is 5. The molecule has 100 valence electrons. The van der Waals surface area contributed by atoms with Gasteiger partial charge in [0.1, 0.15) is 5.54 Å². The van der Waals surface area contributed by atoms with Gasteiger partial charge >= 0.3 is 0 Å². The van der Waals surface area contributed by atoms with Crippen molar-refractivity contribution in [1.29, 1.82) is 0 Å². The van der Waals surface area contributed by atoms with Crippen molar-refractivity contribution in [2.45, 2.75) is 5.54 Å². The minimum Gasteiger partial charge on any atom is -0.399 e. The maximum atomic E-state index is 5.90. The fraction of sp³-hybridized carbons (Fsp3) is 0.0667. The fourth-order valence-corrected chi connectivity index (χ4v) is 2.36. The number of nitrogen functional groups attached to an aromatic ring is 1. The van der Waals surface area contributed by atoms with Gasteiger partial charge in [0.05, 0.1) is 0 Å². The predicted molar refractivity (Wildman–Crippen MR) is 79.8 cm³/mol. The first-order valence-corrected chi connectivity index (χ1v) is 6.27. The van der Waals surface area contributed by atoms with Crippen LogP contribution >= 0.6 is 0 Å². The van der Waals surface area contributed by atoms with Gasteiger partial charge in [0.25, 0.3) is 0 Å². The summed E-state index contributed by atoms with van der Waals surface area (Å²) in [6.07, 6.45) is 7.26. The molecule has 5 heteroatoms. The summed E-state index contributed by atoms with van der Waals surface area (Å²) in [4.78, 5) is 8.78. The number of aromatic nitrogens is 1. The molecule has 0 aliphatic carbocycles. The molecule has 0 bridgehead atoms. The molecule has 1 unspecified atom stereocenters. The van der Waals surface area contributed by atoms with Gasteiger partial charge in [-0.2, -0.15) is 0 Å². The van der Waals surface area contributed by atoms with E-state index in [9.17, 15) is 0 Å². The highest BCUT2D eigenvalue weighted by Crippen LogP contribution is 2.36. The van der Waals surface area contributed by atoms with Crippen LogP contribution in [0.15, 0.2) is 66.1 Å². The lowest BCUT2D eigenvalue weighted by Gasteiger charge is -2.30. The molecular weight excluding hydrogens is 250 g/mol. The second-order valence-corrected chi connectivity index (χ2v) is 4.61. The van der Waals surface area contributed by atoms with Crippen molar-refractivity contribution < 1.29 is 0 Å². The summed E-state index contributed by atoms with van der Waals surface area (Å²) in [7, 11) is 0. The Kier molecular flexibility index (Phi) is 2.87. The van der Waals surface area contributed by atoms with Crippen LogP contribution in [0.4, 0.5) is 5.69 Å². The largest absolute Gasteiger partial charge is 0.399 e. The Morgan fingerprint density at radius 2 is 1.90 bits per heavy atom. The monoisotopic (exact) mass is 265 g/mol. The zero-order valence-corrected chi connectivity index (χ0v) is 10.8. The fourth-order valence-electron chi connectivity index (χ4n) is 2.36. The molecule has 2 heterocycles. The van der Waals surface area contributed by atoms with Gasteiger partial charge in [-0.15, -0.1) is 0 Å². The maximum absolute atomic E-state index is 5.90. The van der Waals surface area contributed by atoms with E-state index in [4.69, 9.17) is 11.5 Å². The van der Waals surface area contributed by atoms with Gasteiger partial charge in [-0.1, -0.05) is 18.2 Å². The molecule has 1 atom stereocenters. The van der Waals surface area contributed by atoms with Crippen molar-refractivity contribution in [2.24, 2.45) is 10.7 Å². The minimum absolute atomic E-state index is 0.360. The minimum atomic E-state index is -0.695. The van der Waals surface area contributed by atoms with Crippen molar-refractivity contribution in [3.05, 3.63) is 72.2 Å². The predicted octanol–water partition coefficient (Wildman–Crippen LogP) is 1.34. The smallest absolute Gasteiger partial charge is 0.194 e. The van der Waals surface area contributed by atoms with E-state index in [2.05, 4.69) is 15.3 Å². The Bertz CT molecular complexity index is 678. The first-order chi connectivity index (χ1) is 9.71. The van der Waals surface area contributed by atoms with Crippen LogP contribution in [-0.2, 0) is 5.54 Å². The first-order valence-electron chi connectivity index (χ1n) is 6.27. The number of nitrogens with two attached hydrogens (primary N) is 2. The number of hydrogen-bond donors (Lipinski definition) is 3. The van der Waals surface area contributed by atoms with E-state index in [1.807, 2.05) is 42.5 Å². The van der Waals surface area contributed by atoms with Crippen molar-refractivity contribution in [3.63, 3.8) is 0 Å². The number of guanidine groups is 1. The van der Waals surface area contributed by atoms with Gasteiger partial charge in [0, 0.05) is 29.8 Å². The number of pyridine rings is 1. The molecule has 3 rings (SSSR count). The van der Waals surface area contributed by atoms with Crippen LogP contribution in [0.25, 0.3) is 0 Å². The molecule has 20 heavy (non-hydrogen) atoms. The molecule has 0 spiro atoms. The lowest BCUT2D eigenvalue weighted by molar-refractivity contribution is 0.661. The Morgan fingerprint density at radius 1 is 1.05 bits per heavy atom. The van der Waals surface area contributed by atoms with Gasteiger partial charge in [-0.25, -0.2) is 4.99 Å². The second-order valence-electron chi connectivity index (χ2n) is 4.61. The second kappa shape index (κ2) is 4.70. The molecule has 0 amide bonds. The number of nitrogens with one attached hydrogen (secondary N) is 1. The first kappa shape index (κ1) is 12.2. The van der Waals surface area contributed by atoms with Gasteiger partial charge < -0.3 is 16.8 Å². The number of rotatable bonds is 2. The van der Waals surface area contributed by atoms with E-state index >= 15 is 0 Å². The van der Waals surface area contributed by atoms with Gasteiger partial charge in [0.2, 0.25) is 0 Å². The van der Waals surface area contributed by atoms with Crippen molar-refractivity contribution in [3.8, 4) is 0 Å². The number of anilines is 1. The van der Waals surface area contributed by atoms with E-state index in [-0.39, 0.29) is 0 Å². The van der Waals surface area contributed by atoms with Crippen LogP contribution < -0.4 is 16.8 Å². The Balaban J connectivity index is 2.24. The Morgan fingerprint density at radius 3 is 2.60 bits per heavy atom. The maximum Gasteiger partial charge on any atom is 0.194 e. The van der Waals surface area contributed by atoms with Crippen molar-refractivity contribution >= 4 is 11.6 Å². The molecule has 1 aromatic heterocycles. The summed E-state index contributed by atoms with van der Waals surface area (Å²) < 4.78 is 0. The highest BCUT2D eigenvalue weighted by Gasteiger charge is 2.33. The SMILES string of the molecule is NC1=NC(c2cccnc2)(c2cccc(N)c2)C=CN1. The summed E-state index contributed by atoms with van der Waals surface area (Å²) in [5.41, 5.74) is 13.6. The topological polar surface area (TPSA) is 89.3 Å². The van der Waals surface area contributed by atoms with Crippen LogP contribution in [-0.4, -0.2) is 10.9 Å². The summed E-state index contributed by atoms with van der Waals surface area (Å²) >= 11 is 0. The van der Waals surface area contributed by atoms with E-state index in [1.54, 1.807) is 18.6 Å². The molecule has 0 fully saturated rings. The molecule has 5 nitrogen and oxygen atoms in total. The van der Waals surface area contributed by atoms with Gasteiger partial charge in [-0.3, -0.25) is 4.98 Å². The normalized spacial score (nSPS) is 21.1. The number of aliphatic imine (C=N–C) groups is 1. The van der Waals surface area contributed by atoms with Crippen LogP contribution in [0.3, 0.4) is 0 Å². The molecule has 0 saturated heterocycles. The average molecular weight is 265 g/mol. The van der Waals surface area contributed by atoms with Gasteiger partial charge in [0.15, 0.2) is 5.96 Å². The molecule has 2 aromatic rings. The zero-order valence-electron chi connectivity index (χ0n) is 10.8. The third-order valence-electron chi connectivity index (χ3n) is 3.28. The zero-order chi connectivity index (χ0) is 14.0. The van der Waals surface area contributed by atoms with Crippen LogP contribution in [0.5, 0.6) is 0 Å². The molecule has 1 aliphatic heterocycles. The standard InChI is InChI=1S/C15H15N5/c16-13-5-1-3-11(9-13)15(6-8-19-14(17)20-15)12-4-2-7-18-10-12/h1-10H,16H2,(H3,17,19,20). The van der Waals surface area contributed by atoms with Crippen molar-refractivity contribution in [2.75, 3.05) is 5.73 Å². The number of nitrogens with zero attached hydrogens (tertiary/aromatic N) is 2. The van der Waals surface area contributed by atoms with E-state index in [0.29, 0.717) is 11.6 Å². The average Bonchev–Trinajstić information content (AvgIpc) is 2.48. The third-order valence-corrected chi connectivity index (χ3v) is 3.28. The summed E-state index contributed by atoms with van der Waals surface area (Å²) in [5, 5.41) is 2.89. The summed E-state index contributed by atoms with van der Waals surface area (Å²) in [6, 6.07) is 11.5. The molecular formula is C15H15N5. The third kappa shape index (κ3) is 1.99. The molecule has 0 radical (unpaired) electrons. The highest BCUT2D eigenvalue weighted by atomic mass is 15.1. The number of benzene rings is 1. The molecule has 1 aliphatic rings. The quantitative estimate of drug-likeness (QED) is 0.715. The van der Waals surface area contributed by atoms with Crippen LogP contribution in [0, 0.1) is 0 Å². The summed E-state index contributed by atoms with van der Waals surface area (Å²) in [5.74, 6) is 0.360. The lowest BCUT2D eigenvalue weighted by Crippen LogP contribution is -2.37. The molecule has 0 saturated carbocycles. The van der Waals surface area contributed by atoms with E-state index < -0.39 is 5.54 Å². The Hall–Kier alpha value is -2.82. The van der Waals surface area contributed by atoms with Crippen LogP contribution in [0.1, 0.15) is 11.1 Å². The summed E-state index contributed by atoms with van der Waals surface area (Å²) in [6.45, 7) is 0. The molecule has 1 aromatic carbocycles. The highest BCUT2D eigenvalue weighted by molar-refractivity contribution is 5.81. The Labute approximate surface area is 117 Å². The lowest BCUT2D eigenvalue weighted by atomic mass is 9.83. The van der Waals surface area contributed by atoms with E-state index in [0.717, 1.165) is 11.1 Å². The van der Waals surface area contributed by atoms with Gasteiger partial charge in [-0.05, 0) is 29.8 Å². The van der Waals surface area contributed by atoms with Crippen molar-refractivity contribution in [1.82, 2.24) is 10.3 Å². The van der Waals surface area contributed by atoms with E-state index in [1.165, 1.54) is 0 Å². The van der Waals surface area contributed by atoms with Crippen LogP contribution in [0.2, 0.25) is 0 Å².